The van der Waals surface area contributed by atoms with Crippen LogP contribution in [0.2, 0.25) is 0 Å². The zero-order valence-corrected chi connectivity index (χ0v) is 14.1. The molecule has 1 aliphatic heterocycles. The number of rotatable bonds is 2. The van der Waals surface area contributed by atoms with Gasteiger partial charge in [0, 0.05) is 37.7 Å². The molecule has 7 heteroatoms. The summed E-state index contributed by atoms with van der Waals surface area (Å²) in [6, 6.07) is 0. The molecule has 0 radical (unpaired) electrons. The molecule has 122 valence electrons. The third-order valence-corrected chi connectivity index (χ3v) is 5.61. The highest BCUT2D eigenvalue weighted by molar-refractivity contribution is 7.09. The average molecular weight is 323 g/mol. The number of anilines is 1. The molecule has 0 spiro atoms. The second-order valence-electron chi connectivity index (χ2n) is 6.47. The number of carbonyl (C=O) groups is 1. The Bertz CT molecular complexity index is 526. The third-order valence-electron chi connectivity index (χ3n) is 4.74. The van der Waals surface area contributed by atoms with E-state index in [1.54, 1.807) is 0 Å². The number of hydrogen-bond acceptors (Lipinski definition) is 6. The molecule has 6 nitrogen and oxygen atoms in total. The van der Waals surface area contributed by atoms with Gasteiger partial charge in [-0.1, -0.05) is 19.3 Å². The number of nitrogens with zero attached hydrogens (tertiary/aromatic N) is 4. The Labute approximate surface area is 135 Å². The maximum atomic E-state index is 12.8. The molecule has 3 rings (SSSR count). The van der Waals surface area contributed by atoms with Crippen molar-refractivity contribution in [2.75, 3.05) is 31.1 Å². The topological polar surface area (TPSA) is 75.4 Å². The van der Waals surface area contributed by atoms with Crippen LogP contribution in [0, 0.1) is 6.92 Å². The van der Waals surface area contributed by atoms with E-state index < -0.39 is 5.54 Å². The number of hydrogen-bond donors (Lipinski definition) is 1. The van der Waals surface area contributed by atoms with Crippen LogP contribution < -0.4 is 10.6 Å². The van der Waals surface area contributed by atoms with E-state index in [-0.39, 0.29) is 5.91 Å². The smallest absolute Gasteiger partial charge is 0.242 e. The molecule has 1 aromatic rings. The van der Waals surface area contributed by atoms with Crippen molar-refractivity contribution in [3.05, 3.63) is 5.82 Å². The second-order valence-corrected chi connectivity index (χ2v) is 7.20. The molecule has 1 amide bonds. The van der Waals surface area contributed by atoms with Gasteiger partial charge in [0.25, 0.3) is 0 Å². The first-order valence-electron chi connectivity index (χ1n) is 8.22. The van der Waals surface area contributed by atoms with Crippen molar-refractivity contribution in [2.45, 2.75) is 51.0 Å². The summed E-state index contributed by atoms with van der Waals surface area (Å²) in [5.41, 5.74) is 5.79. The minimum atomic E-state index is -0.618. The fourth-order valence-corrected chi connectivity index (χ4v) is 4.16. The molecule has 0 atom stereocenters. The highest BCUT2D eigenvalue weighted by Crippen LogP contribution is 2.28. The van der Waals surface area contributed by atoms with Gasteiger partial charge in [0.2, 0.25) is 11.0 Å². The fraction of sp³-hybridized carbons (Fsp3) is 0.800. The minimum Gasteiger partial charge on any atom is -0.345 e. The molecule has 2 fully saturated rings. The van der Waals surface area contributed by atoms with Crippen LogP contribution >= 0.6 is 11.5 Å². The molecular formula is C15H25N5OS. The van der Waals surface area contributed by atoms with Crippen LogP contribution in [0.4, 0.5) is 5.13 Å². The van der Waals surface area contributed by atoms with Crippen LogP contribution in [-0.4, -0.2) is 51.9 Å². The Hall–Kier alpha value is -1.21. The fourth-order valence-electron chi connectivity index (χ4n) is 3.44. The van der Waals surface area contributed by atoms with E-state index in [9.17, 15) is 4.79 Å². The quantitative estimate of drug-likeness (QED) is 0.893. The van der Waals surface area contributed by atoms with Gasteiger partial charge in [0.05, 0.1) is 5.54 Å². The van der Waals surface area contributed by atoms with Crippen LogP contribution in [0.15, 0.2) is 0 Å². The minimum absolute atomic E-state index is 0.155. The molecule has 1 saturated carbocycles. The summed E-state index contributed by atoms with van der Waals surface area (Å²) < 4.78 is 4.25. The lowest BCUT2D eigenvalue weighted by Crippen LogP contribution is -2.56. The molecule has 22 heavy (non-hydrogen) atoms. The lowest BCUT2D eigenvalue weighted by molar-refractivity contribution is -0.138. The standard InChI is InChI=1S/C15H25N5OS/c1-12-17-14(22-18-12)20-9-5-8-19(10-11-20)13(21)15(16)6-3-2-4-7-15/h2-11,16H2,1H3. The van der Waals surface area contributed by atoms with E-state index in [0.29, 0.717) is 0 Å². The predicted molar refractivity (Wildman–Crippen MR) is 88.1 cm³/mol. The van der Waals surface area contributed by atoms with Crippen molar-refractivity contribution in [3.63, 3.8) is 0 Å². The lowest BCUT2D eigenvalue weighted by atomic mass is 9.81. The van der Waals surface area contributed by atoms with Gasteiger partial charge in [-0.25, -0.2) is 4.98 Å². The monoisotopic (exact) mass is 323 g/mol. The van der Waals surface area contributed by atoms with Crippen molar-refractivity contribution >= 4 is 22.6 Å². The first kappa shape index (κ1) is 15.7. The SMILES string of the molecule is Cc1nsc(N2CCCN(C(=O)C3(N)CCCCC3)CC2)n1. The summed E-state index contributed by atoms with van der Waals surface area (Å²) in [7, 11) is 0. The van der Waals surface area contributed by atoms with Crippen molar-refractivity contribution in [1.29, 1.82) is 0 Å². The average Bonchev–Trinajstić information content (AvgIpc) is 2.81. The van der Waals surface area contributed by atoms with Gasteiger partial charge in [-0.05, 0) is 26.2 Å². The maximum absolute atomic E-state index is 12.8. The van der Waals surface area contributed by atoms with E-state index >= 15 is 0 Å². The first-order valence-corrected chi connectivity index (χ1v) is 8.99. The first-order chi connectivity index (χ1) is 10.6. The van der Waals surface area contributed by atoms with E-state index in [2.05, 4.69) is 14.3 Å². The van der Waals surface area contributed by atoms with Crippen LogP contribution in [0.3, 0.4) is 0 Å². The molecule has 1 aromatic heterocycles. The van der Waals surface area contributed by atoms with Crippen LogP contribution in [-0.2, 0) is 4.79 Å². The van der Waals surface area contributed by atoms with E-state index in [4.69, 9.17) is 5.73 Å². The van der Waals surface area contributed by atoms with Gasteiger partial charge in [-0.15, -0.1) is 0 Å². The van der Waals surface area contributed by atoms with Crippen LogP contribution in [0.1, 0.15) is 44.3 Å². The molecular weight excluding hydrogens is 298 g/mol. The summed E-state index contributed by atoms with van der Waals surface area (Å²) in [6.45, 7) is 5.18. The normalized spacial score (nSPS) is 22.5. The summed E-state index contributed by atoms with van der Waals surface area (Å²) in [4.78, 5) is 21.5. The van der Waals surface area contributed by atoms with Crippen LogP contribution in [0.5, 0.6) is 0 Å². The zero-order chi connectivity index (χ0) is 15.6. The Morgan fingerprint density at radius 2 is 1.91 bits per heavy atom. The maximum Gasteiger partial charge on any atom is 0.242 e. The summed E-state index contributed by atoms with van der Waals surface area (Å²) in [6.07, 6.45) is 5.98. The van der Waals surface area contributed by atoms with Gasteiger partial charge >= 0.3 is 0 Å². The highest BCUT2D eigenvalue weighted by Gasteiger charge is 2.38. The Morgan fingerprint density at radius 1 is 1.14 bits per heavy atom. The van der Waals surface area contributed by atoms with Gasteiger partial charge in [-0.2, -0.15) is 4.37 Å². The zero-order valence-electron chi connectivity index (χ0n) is 13.3. The molecule has 2 aliphatic rings. The Morgan fingerprint density at radius 3 is 2.59 bits per heavy atom. The summed E-state index contributed by atoms with van der Waals surface area (Å²) in [5.74, 6) is 0.975. The molecule has 2 N–H and O–H groups in total. The highest BCUT2D eigenvalue weighted by atomic mass is 32.1. The molecule has 1 saturated heterocycles. The van der Waals surface area contributed by atoms with Crippen molar-refractivity contribution in [2.24, 2.45) is 5.73 Å². The van der Waals surface area contributed by atoms with Gasteiger partial charge in [-0.3, -0.25) is 4.79 Å². The number of nitrogens with two attached hydrogens (primary N) is 1. The van der Waals surface area contributed by atoms with Crippen molar-refractivity contribution in [3.8, 4) is 0 Å². The van der Waals surface area contributed by atoms with Crippen molar-refractivity contribution in [1.82, 2.24) is 14.3 Å². The number of aryl methyl sites for hydroxylation is 1. The van der Waals surface area contributed by atoms with Gasteiger partial charge in [0.15, 0.2) is 0 Å². The number of amides is 1. The van der Waals surface area contributed by atoms with E-state index in [1.807, 2.05) is 11.8 Å². The van der Waals surface area contributed by atoms with Crippen LogP contribution in [0.25, 0.3) is 0 Å². The number of carbonyl (C=O) groups excluding carboxylic acids is 1. The van der Waals surface area contributed by atoms with Gasteiger partial charge in [0.1, 0.15) is 5.82 Å². The van der Waals surface area contributed by atoms with Crippen molar-refractivity contribution < 1.29 is 4.79 Å². The second kappa shape index (κ2) is 6.50. The molecule has 0 aromatic carbocycles. The predicted octanol–water partition coefficient (Wildman–Crippen LogP) is 1.55. The summed E-state index contributed by atoms with van der Waals surface area (Å²) in [5, 5.41) is 0.965. The van der Waals surface area contributed by atoms with Gasteiger partial charge < -0.3 is 15.5 Å². The van der Waals surface area contributed by atoms with E-state index in [1.165, 1.54) is 18.0 Å². The molecule has 1 aliphatic carbocycles. The third kappa shape index (κ3) is 3.25. The molecule has 0 bridgehead atoms. The number of aromatic nitrogens is 2. The lowest BCUT2D eigenvalue weighted by Gasteiger charge is -2.36. The van der Waals surface area contributed by atoms with E-state index in [0.717, 1.165) is 69.2 Å². The molecule has 0 unspecified atom stereocenters. The Balaban J connectivity index is 1.63. The molecule has 2 heterocycles. The summed E-state index contributed by atoms with van der Waals surface area (Å²) >= 11 is 1.44. The Kier molecular flexibility index (Phi) is 4.63. The largest absolute Gasteiger partial charge is 0.345 e.